The van der Waals surface area contributed by atoms with Crippen molar-refractivity contribution < 1.29 is 9.63 Å². The largest absolute Gasteiger partial charge is 0.390 e. The van der Waals surface area contributed by atoms with E-state index in [-0.39, 0.29) is 17.7 Å². The first-order valence-electron chi connectivity index (χ1n) is 10.3. The van der Waals surface area contributed by atoms with Gasteiger partial charge in [-0.3, -0.25) is 0 Å². The maximum atomic E-state index is 12.9. The molecule has 1 N–H and O–H groups in total. The molecule has 2 aromatic carbocycles. The van der Waals surface area contributed by atoms with E-state index in [1.807, 2.05) is 65.2 Å². The highest BCUT2D eigenvalue weighted by molar-refractivity contribution is 6.01. The smallest absolute Gasteiger partial charge is 0.318 e. The van der Waals surface area contributed by atoms with Crippen LogP contribution in [-0.4, -0.2) is 48.9 Å². The maximum Gasteiger partial charge on any atom is 0.318 e. The lowest BCUT2D eigenvalue weighted by atomic mass is 10.0. The zero-order valence-electron chi connectivity index (χ0n) is 18.6. The molecule has 0 fully saturated rings. The summed E-state index contributed by atoms with van der Waals surface area (Å²) in [6.07, 6.45) is 0.512. The molecule has 1 heterocycles. The molecule has 6 nitrogen and oxygen atoms in total. The highest BCUT2D eigenvalue weighted by Gasteiger charge is 2.28. The van der Waals surface area contributed by atoms with E-state index in [1.54, 1.807) is 4.90 Å². The van der Waals surface area contributed by atoms with E-state index in [0.717, 1.165) is 22.5 Å². The van der Waals surface area contributed by atoms with Gasteiger partial charge < -0.3 is 20.0 Å². The van der Waals surface area contributed by atoms with Crippen molar-refractivity contribution in [2.24, 2.45) is 5.16 Å². The summed E-state index contributed by atoms with van der Waals surface area (Å²) in [5.74, 6) is 0. The summed E-state index contributed by atoms with van der Waals surface area (Å²) < 4.78 is 0. The van der Waals surface area contributed by atoms with Crippen LogP contribution in [0.2, 0.25) is 0 Å². The number of carbonyl (C=O) groups is 1. The molecule has 1 atom stereocenters. The fraction of sp³-hybridized carbons (Fsp3) is 0.417. The minimum absolute atomic E-state index is 0.0984. The molecule has 0 radical (unpaired) electrons. The van der Waals surface area contributed by atoms with E-state index in [0.29, 0.717) is 19.5 Å². The third kappa shape index (κ3) is 5.99. The molecule has 0 spiro atoms. The summed E-state index contributed by atoms with van der Waals surface area (Å²) in [6.45, 7) is 6.94. The number of hydrogen-bond donors (Lipinski definition) is 1. The Morgan fingerprint density at radius 2 is 1.77 bits per heavy atom. The van der Waals surface area contributed by atoms with Gasteiger partial charge in [0, 0.05) is 38.3 Å². The summed E-state index contributed by atoms with van der Waals surface area (Å²) in [7, 11) is 4.04. The number of anilines is 1. The van der Waals surface area contributed by atoms with Crippen molar-refractivity contribution in [3.63, 3.8) is 0 Å². The lowest BCUT2D eigenvalue weighted by Gasteiger charge is -2.29. The summed E-state index contributed by atoms with van der Waals surface area (Å²) in [5.41, 5.74) is 3.89. The molecule has 3 rings (SSSR count). The average Bonchev–Trinajstić information content (AvgIpc) is 3.15. The molecule has 0 bridgehead atoms. The first kappa shape index (κ1) is 21.7. The van der Waals surface area contributed by atoms with E-state index in [2.05, 4.69) is 39.6 Å². The van der Waals surface area contributed by atoms with Gasteiger partial charge in [-0.15, -0.1) is 0 Å². The number of rotatable bonds is 6. The van der Waals surface area contributed by atoms with Gasteiger partial charge >= 0.3 is 6.03 Å². The number of carbonyl (C=O) groups excluding carboxylic acids is 1. The van der Waals surface area contributed by atoms with E-state index in [4.69, 9.17) is 4.84 Å². The fourth-order valence-electron chi connectivity index (χ4n) is 3.32. The Morgan fingerprint density at radius 3 is 2.37 bits per heavy atom. The molecular formula is C24H32N4O2. The van der Waals surface area contributed by atoms with Gasteiger partial charge in [-0.05, 0) is 44.0 Å². The molecule has 6 heteroatoms. The van der Waals surface area contributed by atoms with Crippen molar-refractivity contribution in [3.8, 4) is 0 Å². The van der Waals surface area contributed by atoms with Crippen LogP contribution in [0.25, 0.3) is 0 Å². The second-order valence-corrected chi connectivity index (χ2v) is 8.96. The number of hydrogen-bond acceptors (Lipinski definition) is 4. The fourth-order valence-corrected chi connectivity index (χ4v) is 3.32. The molecule has 1 aliphatic heterocycles. The number of benzene rings is 2. The van der Waals surface area contributed by atoms with E-state index in [9.17, 15) is 4.79 Å². The molecule has 0 aromatic heterocycles. The van der Waals surface area contributed by atoms with Gasteiger partial charge in [0.15, 0.2) is 6.10 Å². The Morgan fingerprint density at radius 1 is 1.10 bits per heavy atom. The van der Waals surface area contributed by atoms with Crippen LogP contribution in [0, 0.1) is 0 Å². The predicted octanol–water partition coefficient (Wildman–Crippen LogP) is 4.26. The highest BCUT2D eigenvalue weighted by atomic mass is 16.6. The number of urea groups is 1. The molecule has 2 aromatic rings. The van der Waals surface area contributed by atoms with Crippen LogP contribution in [0.5, 0.6) is 0 Å². The Bertz CT molecular complexity index is 870. The zero-order chi connectivity index (χ0) is 21.7. The van der Waals surface area contributed by atoms with Gasteiger partial charge in [0.05, 0.1) is 12.3 Å². The first-order valence-corrected chi connectivity index (χ1v) is 10.3. The molecule has 0 unspecified atom stereocenters. The Labute approximate surface area is 179 Å². The SMILES string of the molecule is CN(C)c1ccc(C2=NO[C@@H](CN(Cc3ccccc3)C(=O)NC(C)(C)C)C2)cc1. The first-order chi connectivity index (χ1) is 14.2. The van der Waals surface area contributed by atoms with Crippen LogP contribution in [0.4, 0.5) is 10.5 Å². The number of oxime groups is 1. The van der Waals surface area contributed by atoms with Crippen LogP contribution in [-0.2, 0) is 11.4 Å². The molecule has 1 aliphatic rings. The second-order valence-electron chi connectivity index (χ2n) is 8.96. The Balaban J connectivity index is 1.66. The number of nitrogens with zero attached hydrogens (tertiary/aromatic N) is 3. The summed E-state index contributed by atoms with van der Waals surface area (Å²) >= 11 is 0. The van der Waals surface area contributed by atoms with Gasteiger partial charge in [0.1, 0.15) is 0 Å². The van der Waals surface area contributed by atoms with Crippen LogP contribution < -0.4 is 10.2 Å². The molecular weight excluding hydrogens is 376 g/mol. The highest BCUT2D eigenvalue weighted by Crippen LogP contribution is 2.21. The third-order valence-electron chi connectivity index (χ3n) is 4.86. The predicted molar refractivity (Wildman–Crippen MR) is 122 cm³/mol. The monoisotopic (exact) mass is 408 g/mol. The molecule has 0 aliphatic carbocycles. The molecule has 2 amide bonds. The standard InChI is InChI=1S/C24H32N4O2/c1-24(2,3)25-23(29)28(16-18-9-7-6-8-10-18)17-21-15-22(26-30-21)19-11-13-20(14-12-19)27(4)5/h6-14,21H,15-17H2,1-5H3,(H,25,29)/t21-/m1/s1. The van der Waals surface area contributed by atoms with Crippen molar-refractivity contribution in [1.82, 2.24) is 10.2 Å². The maximum absolute atomic E-state index is 12.9. The minimum Gasteiger partial charge on any atom is -0.390 e. The average molecular weight is 409 g/mol. The van der Waals surface area contributed by atoms with Crippen LogP contribution in [0.3, 0.4) is 0 Å². The van der Waals surface area contributed by atoms with Crippen LogP contribution in [0.1, 0.15) is 38.3 Å². The van der Waals surface area contributed by atoms with Gasteiger partial charge in [0.25, 0.3) is 0 Å². The molecule has 30 heavy (non-hydrogen) atoms. The lowest BCUT2D eigenvalue weighted by molar-refractivity contribution is 0.0580. The van der Waals surface area contributed by atoms with Gasteiger partial charge in [0.2, 0.25) is 0 Å². The molecule has 160 valence electrons. The van der Waals surface area contributed by atoms with Crippen molar-refractivity contribution in [2.75, 3.05) is 25.5 Å². The van der Waals surface area contributed by atoms with Crippen molar-refractivity contribution in [3.05, 3.63) is 65.7 Å². The van der Waals surface area contributed by atoms with Crippen LogP contribution >= 0.6 is 0 Å². The summed E-state index contributed by atoms with van der Waals surface area (Å²) in [4.78, 5) is 22.5. The van der Waals surface area contributed by atoms with Crippen molar-refractivity contribution in [1.29, 1.82) is 0 Å². The summed E-state index contributed by atoms with van der Waals surface area (Å²) in [6, 6.07) is 18.2. The molecule has 0 saturated heterocycles. The van der Waals surface area contributed by atoms with Gasteiger partial charge in [-0.1, -0.05) is 47.6 Å². The topological polar surface area (TPSA) is 57.2 Å². The molecule has 0 saturated carbocycles. The van der Waals surface area contributed by atoms with Crippen molar-refractivity contribution >= 4 is 17.4 Å². The van der Waals surface area contributed by atoms with E-state index < -0.39 is 0 Å². The minimum atomic E-state index is -0.307. The quantitative estimate of drug-likeness (QED) is 0.777. The van der Waals surface area contributed by atoms with E-state index in [1.165, 1.54) is 0 Å². The normalized spacial score (nSPS) is 15.9. The zero-order valence-corrected chi connectivity index (χ0v) is 18.6. The second kappa shape index (κ2) is 9.20. The summed E-state index contributed by atoms with van der Waals surface area (Å²) in [5, 5.41) is 7.36. The third-order valence-corrected chi connectivity index (χ3v) is 4.86. The van der Waals surface area contributed by atoms with Crippen LogP contribution in [0.15, 0.2) is 59.8 Å². The number of amides is 2. The Hall–Kier alpha value is -3.02. The van der Waals surface area contributed by atoms with Crippen molar-refractivity contribution in [2.45, 2.75) is 45.4 Å². The van der Waals surface area contributed by atoms with Gasteiger partial charge in [-0.25, -0.2) is 4.79 Å². The number of nitrogens with one attached hydrogen (secondary N) is 1. The van der Waals surface area contributed by atoms with E-state index >= 15 is 0 Å². The lowest BCUT2D eigenvalue weighted by Crippen LogP contribution is -2.50. The Kier molecular flexibility index (Phi) is 6.65. The van der Waals surface area contributed by atoms with Gasteiger partial charge in [-0.2, -0.15) is 0 Å².